The molecule has 1 aliphatic rings. The van der Waals surface area contributed by atoms with Gasteiger partial charge in [-0.1, -0.05) is 12.1 Å². The number of aryl methyl sites for hydroxylation is 1. The van der Waals surface area contributed by atoms with E-state index < -0.39 is 17.6 Å². The van der Waals surface area contributed by atoms with Gasteiger partial charge < -0.3 is 15.5 Å². The Bertz CT molecular complexity index is 990. The minimum absolute atomic E-state index is 0.125. The van der Waals surface area contributed by atoms with E-state index in [1.807, 2.05) is 45.7 Å². The van der Waals surface area contributed by atoms with Crippen molar-refractivity contribution in [3.05, 3.63) is 58.7 Å². The molecule has 0 unspecified atom stereocenters. The summed E-state index contributed by atoms with van der Waals surface area (Å²) in [5, 5.41) is 5.98. The highest BCUT2D eigenvalue weighted by atomic mass is 19.4. The molecule has 1 saturated heterocycles. The van der Waals surface area contributed by atoms with Crippen molar-refractivity contribution in [2.24, 2.45) is 0 Å². The van der Waals surface area contributed by atoms with E-state index in [0.717, 1.165) is 43.5 Å². The molecule has 0 aromatic heterocycles. The van der Waals surface area contributed by atoms with Crippen LogP contribution in [0.2, 0.25) is 0 Å². The van der Waals surface area contributed by atoms with Crippen LogP contribution in [0.5, 0.6) is 0 Å². The standard InChI is InChI=1S/C25H33F3N4O/c1-17-6-7-18(14-22(17)30-24(2,3)4)23(33)29-20-9-8-19(21(15-20)25(26,27)28)16-32-12-10-31(5)11-13-32/h6-9,14-15,30H,10-13,16H2,1-5H3,(H,29,33). The van der Waals surface area contributed by atoms with E-state index in [2.05, 4.69) is 15.5 Å². The van der Waals surface area contributed by atoms with Crippen molar-refractivity contribution in [2.75, 3.05) is 43.9 Å². The number of likely N-dealkylation sites (N-methyl/N-ethyl adjacent to an activating group) is 1. The lowest BCUT2D eigenvalue weighted by atomic mass is 10.0. The first-order valence-electron chi connectivity index (χ1n) is 11.1. The van der Waals surface area contributed by atoms with Gasteiger partial charge in [-0.05, 0) is 70.1 Å². The van der Waals surface area contributed by atoms with E-state index in [1.54, 1.807) is 18.2 Å². The fraction of sp³-hybridized carbons (Fsp3) is 0.480. The van der Waals surface area contributed by atoms with E-state index in [0.29, 0.717) is 5.56 Å². The summed E-state index contributed by atoms with van der Waals surface area (Å²) < 4.78 is 41.4. The average molecular weight is 463 g/mol. The van der Waals surface area contributed by atoms with Crippen molar-refractivity contribution in [3.8, 4) is 0 Å². The first kappa shape index (κ1) is 25.1. The molecule has 33 heavy (non-hydrogen) atoms. The molecule has 0 bridgehead atoms. The maximum absolute atomic E-state index is 13.8. The molecule has 1 heterocycles. The number of piperazine rings is 1. The first-order valence-corrected chi connectivity index (χ1v) is 11.1. The summed E-state index contributed by atoms with van der Waals surface area (Å²) in [6.07, 6.45) is -4.50. The number of carbonyl (C=O) groups is 1. The number of alkyl halides is 3. The molecule has 5 nitrogen and oxygen atoms in total. The van der Waals surface area contributed by atoms with Gasteiger partial charge in [0.2, 0.25) is 0 Å². The third-order valence-electron chi connectivity index (χ3n) is 5.67. The van der Waals surface area contributed by atoms with Crippen LogP contribution in [0.15, 0.2) is 36.4 Å². The Kier molecular flexibility index (Phi) is 7.39. The average Bonchev–Trinajstić information content (AvgIpc) is 2.70. The van der Waals surface area contributed by atoms with E-state index in [-0.39, 0.29) is 23.3 Å². The molecule has 0 spiro atoms. The van der Waals surface area contributed by atoms with Crippen LogP contribution in [0.3, 0.4) is 0 Å². The van der Waals surface area contributed by atoms with E-state index in [9.17, 15) is 18.0 Å². The molecule has 2 aromatic rings. The predicted octanol–water partition coefficient (Wildman–Crippen LogP) is 5.22. The number of nitrogens with zero attached hydrogens (tertiary/aromatic N) is 2. The Morgan fingerprint density at radius 3 is 2.27 bits per heavy atom. The van der Waals surface area contributed by atoms with E-state index in [4.69, 9.17) is 0 Å². The topological polar surface area (TPSA) is 47.6 Å². The zero-order valence-corrected chi connectivity index (χ0v) is 19.9. The summed E-state index contributed by atoms with van der Waals surface area (Å²) in [5.74, 6) is -0.452. The van der Waals surface area contributed by atoms with Crippen molar-refractivity contribution in [3.63, 3.8) is 0 Å². The molecule has 1 fully saturated rings. The largest absolute Gasteiger partial charge is 0.416 e. The molecule has 1 aliphatic heterocycles. The van der Waals surface area contributed by atoms with Crippen LogP contribution in [-0.2, 0) is 12.7 Å². The lowest BCUT2D eigenvalue weighted by Crippen LogP contribution is -2.44. The van der Waals surface area contributed by atoms with Gasteiger partial charge in [0, 0.05) is 55.2 Å². The number of hydrogen-bond acceptors (Lipinski definition) is 4. The molecule has 180 valence electrons. The highest BCUT2D eigenvalue weighted by Gasteiger charge is 2.34. The minimum atomic E-state index is -4.50. The fourth-order valence-electron chi connectivity index (χ4n) is 3.81. The maximum Gasteiger partial charge on any atom is 0.416 e. The van der Waals surface area contributed by atoms with Gasteiger partial charge in [-0.15, -0.1) is 0 Å². The zero-order chi connectivity index (χ0) is 24.4. The molecule has 2 aromatic carbocycles. The highest BCUT2D eigenvalue weighted by Crippen LogP contribution is 2.35. The van der Waals surface area contributed by atoms with Gasteiger partial charge in [0.05, 0.1) is 5.56 Å². The molecular weight excluding hydrogens is 429 g/mol. The van der Waals surface area contributed by atoms with Crippen molar-refractivity contribution >= 4 is 17.3 Å². The monoisotopic (exact) mass is 462 g/mol. The highest BCUT2D eigenvalue weighted by molar-refractivity contribution is 6.05. The Hall–Kier alpha value is -2.58. The van der Waals surface area contributed by atoms with E-state index in [1.165, 1.54) is 6.07 Å². The van der Waals surface area contributed by atoms with Crippen LogP contribution in [0.4, 0.5) is 24.5 Å². The molecular formula is C25H33F3N4O. The van der Waals surface area contributed by atoms with Crippen LogP contribution < -0.4 is 10.6 Å². The lowest BCUT2D eigenvalue weighted by molar-refractivity contribution is -0.138. The minimum Gasteiger partial charge on any atom is -0.380 e. The van der Waals surface area contributed by atoms with Crippen LogP contribution in [0.25, 0.3) is 0 Å². The Morgan fingerprint density at radius 1 is 1.00 bits per heavy atom. The third kappa shape index (κ3) is 6.95. The van der Waals surface area contributed by atoms with Crippen LogP contribution in [0, 0.1) is 6.92 Å². The van der Waals surface area contributed by atoms with Gasteiger partial charge in [0.25, 0.3) is 5.91 Å². The van der Waals surface area contributed by atoms with Crippen LogP contribution >= 0.6 is 0 Å². The van der Waals surface area contributed by atoms with Gasteiger partial charge >= 0.3 is 6.18 Å². The Labute approximate surface area is 194 Å². The Morgan fingerprint density at radius 2 is 1.67 bits per heavy atom. The summed E-state index contributed by atoms with van der Waals surface area (Å²) in [5.41, 5.74) is 1.61. The molecule has 0 aliphatic carbocycles. The third-order valence-corrected chi connectivity index (χ3v) is 5.67. The molecule has 8 heteroatoms. The SMILES string of the molecule is Cc1ccc(C(=O)Nc2ccc(CN3CCN(C)CC3)c(C(F)(F)F)c2)cc1NC(C)(C)C. The molecule has 0 atom stereocenters. The second-order valence-corrected chi connectivity index (χ2v) is 9.81. The number of nitrogens with one attached hydrogen (secondary N) is 2. The van der Waals surface area contributed by atoms with Crippen LogP contribution in [0.1, 0.15) is 47.8 Å². The predicted molar refractivity (Wildman–Crippen MR) is 127 cm³/mol. The number of benzene rings is 2. The fourth-order valence-corrected chi connectivity index (χ4v) is 3.81. The number of amides is 1. The summed E-state index contributed by atoms with van der Waals surface area (Å²) in [6.45, 7) is 11.3. The van der Waals surface area contributed by atoms with Gasteiger partial charge in [-0.3, -0.25) is 9.69 Å². The van der Waals surface area contributed by atoms with Gasteiger partial charge in [-0.2, -0.15) is 13.2 Å². The number of halogens is 3. The Balaban J connectivity index is 1.79. The number of carbonyl (C=O) groups excluding carboxylic acids is 1. The van der Waals surface area contributed by atoms with Gasteiger partial charge in [0.15, 0.2) is 0 Å². The van der Waals surface area contributed by atoms with Crippen molar-refractivity contribution in [1.82, 2.24) is 9.80 Å². The van der Waals surface area contributed by atoms with Crippen molar-refractivity contribution < 1.29 is 18.0 Å². The summed E-state index contributed by atoms with van der Waals surface area (Å²) in [6, 6.07) is 9.27. The van der Waals surface area contributed by atoms with Crippen LogP contribution in [-0.4, -0.2) is 54.5 Å². The normalized spacial score (nSPS) is 16.0. The quantitative estimate of drug-likeness (QED) is 0.639. The molecule has 3 rings (SSSR count). The maximum atomic E-state index is 13.8. The number of anilines is 2. The van der Waals surface area contributed by atoms with Crippen molar-refractivity contribution in [1.29, 1.82) is 0 Å². The molecule has 1 amide bonds. The second kappa shape index (κ2) is 9.73. The first-order chi connectivity index (χ1) is 15.3. The number of rotatable bonds is 5. The van der Waals surface area contributed by atoms with E-state index >= 15 is 0 Å². The molecule has 2 N–H and O–H groups in total. The molecule has 0 radical (unpaired) electrons. The van der Waals surface area contributed by atoms with Gasteiger partial charge in [0.1, 0.15) is 0 Å². The zero-order valence-electron chi connectivity index (χ0n) is 19.9. The van der Waals surface area contributed by atoms with Gasteiger partial charge in [-0.25, -0.2) is 0 Å². The second-order valence-electron chi connectivity index (χ2n) is 9.81. The summed E-state index contributed by atoms with van der Waals surface area (Å²) >= 11 is 0. The molecule has 0 saturated carbocycles. The summed E-state index contributed by atoms with van der Waals surface area (Å²) in [4.78, 5) is 17.0. The summed E-state index contributed by atoms with van der Waals surface area (Å²) in [7, 11) is 2.01. The van der Waals surface area contributed by atoms with Crippen molar-refractivity contribution in [2.45, 2.75) is 46.0 Å². The number of hydrogen-bond donors (Lipinski definition) is 2. The smallest absolute Gasteiger partial charge is 0.380 e. The lowest BCUT2D eigenvalue weighted by Gasteiger charge is -2.33.